The Hall–Kier alpha value is -1.98. The lowest BCUT2D eigenvalue weighted by Gasteiger charge is -2.03. The highest BCUT2D eigenvalue weighted by molar-refractivity contribution is 7.12. The molecule has 0 saturated carbocycles. The fourth-order valence-electron chi connectivity index (χ4n) is 2.40. The number of aryl methyl sites for hydroxylation is 2. The number of hydrogen-bond acceptors (Lipinski definition) is 4. The average molecular weight is 342 g/mol. The molecule has 2 heterocycles. The summed E-state index contributed by atoms with van der Waals surface area (Å²) in [6.45, 7) is 4.77. The molecule has 0 aliphatic rings. The van der Waals surface area contributed by atoms with Crippen molar-refractivity contribution in [1.82, 2.24) is 10.3 Å². The van der Waals surface area contributed by atoms with Gasteiger partial charge in [-0.05, 0) is 25.5 Å². The van der Waals surface area contributed by atoms with Gasteiger partial charge in [-0.15, -0.1) is 22.7 Å². The molecule has 0 radical (unpaired) electrons. The summed E-state index contributed by atoms with van der Waals surface area (Å²) in [5.74, 6) is 0.00738. The molecule has 0 fully saturated rings. The Balaban J connectivity index is 1.60. The van der Waals surface area contributed by atoms with Gasteiger partial charge in [0.15, 0.2) is 0 Å². The van der Waals surface area contributed by atoms with Crippen LogP contribution >= 0.6 is 22.7 Å². The minimum Gasteiger partial charge on any atom is -0.352 e. The van der Waals surface area contributed by atoms with Crippen LogP contribution in [-0.2, 0) is 17.8 Å². The number of benzene rings is 1. The van der Waals surface area contributed by atoms with Crippen LogP contribution in [0.25, 0.3) is 11.3 Å². The number of amides is 1. The van der Waals surface area contributed by atoms with E-state index < -0.39 is 0 Å². The maximum Gasteiger partial charge on any atom is 0.227 e. The molecule has 3 rings (SSSR count). The third-order valence-corrected chi connectivity index (χ3v) is 5.33. The lowest BCUT2D eigenvalue weighted by atomic mass is 10.2. The van der Waals surface area contributed by atoms with E-state index in [1.165, 1.54) is 15.3 Å². The van der Waals surface area contributed by atoms with E-state index in [4.69, 9.17) is 0 Å². The van der Waals surface area contributed by atoms with Gasteiger partial charge < -0.3 is 5.32 Å². The average Bonchev–Trinajstić information content (AvgIpc) is 3.12. The third kappa shape index (κ3) is 4.06. The summed E-state index contributed by atoms with van der Waals surface area (Å²) in [6, 6.07) is 12.1. The summed E-state index contributed by atoms with van der Waals surface area (Å²) in [5, 5.41) is 5.83. The second-order valence-electron chi connectivity index (χ2n) is 5.39. The van der Waals surface area contributed by atoms with E-state index >= 15 is 0 Å². The first kappa shape index (κ1) is 15.9. The van der Waals surface area contributed by atoms with Crippen molar-refractivity contribution in [3.8, 4) is 11.3 Å². The molecule has 3 nitrogen and oxygen atoms in total. The Morgan fingerprint density at radius 3 is 2.70 bits per heavy atom. The van der Waals surface area contributed by atoms with Gasteiger partial charge in [0.2, 0.25) is 5.91 Å². The van der Waals surface area contributed by atoms with E-state index in [1.807, 2.05) is 35.7 Å². The number of rotatable bonds is 5. The van der Waals surface area contributed by atoms with Gasteiger partial charge in [-0.3, -0.25) is 4.79 Å². The molecule has 0 bridgehead atoms. The van der Waals surface area contributed by atoms with E-state index in [1.54, 1.807) is 22.7 Å². The maximum absolute atomic E-state index is 12.1. The summed E-state index contributed by atoms with van der Waals surface area (Å²) in [7, 11) is 0. The van der Waals surface area contributed by atoms with E-state index in [0.717, 1.165) is 16.3 Å². The van der Waals surface area contributed by atoms with Crippen molar-refractivity contribution < 1.29 is 4.79 Å². The number of nitrogens with one attached hydrogen (secondary N) is 1. The Bertz CT molecular complexity index is 806. The molecular formula is C18H18N2OS2. The first-order chi connectivity index (χ1) is 11.1. The standard InChI is InChI=1S/C18H18N2OS2/c1-12-8-15(13(2)23-12)16-11-22-18(20-16)9-17(21)19-10-14-6-4-3-5-7-14/h3-8,11H,9-10H2,1-2H3,(H,19,21). The first-order valence-electron chi connectivity index (χ1n) is 7.44. The summed E-state index contributed by atoms with van der Waals surface area (Å²) >= 11 is 3.32. The SMILES string of the molecule is Cc1cc(-c2csc(CC(=O)NCc3ccccc3)n2)c(C)s1. The summed E-state index contributed by atoms with van der Waals surface area (Å²) in [5.41, 5.74) is 3.26. The minimum absolute atomic E-state index is 0.00738. The van der Waals surface area contributed by atoms with Crippen LogP contribution in [0.3, 0.4) is 0 Å². The molecule has 1 aromatic carbocycles. The van der Waals surface area contributed by atoms with Gasteiger partial charge in [-0.1, -0.05) is 30.3 Å². The van der Waals surface area contributed by atoms with Crippen LogP contribution in [-0.4, -0.2) is 10.9 Å². The molecule has 23 heavy (non-hydrogen) atoms. The largest absolute Gasteiger partial charge is 0.352 e. The smallest absolute Gasteiger partial charge is 0.227 e. The predicted molar refractivity (Wildman–Crippen MR) is 96.9 cm³/mol. The molecule has 0 atom stereocenters. The number of carbonyl (C=O) groups is 1. The fourth-order valence-corrected chi connectivity index (χ4v) is 4.12. The zero-order valence-corrected chi connectivity index (χ0v) is 14.8. The second kappa shape index (κ2) is 7.06. The van der Waals surface area contributed by atoms with Gasteiger partial charge >= 0.3 is 0 Å². The molecule has 0 unspecified atom stereocenters. The zero-order valence-electron chi connectivity index (χ0n) is 13.1. The highest BCUT2D eigenvalue weighted by atomic mass is 32.1. The van der Waals surface area contributed by atoms with Crippen LogP contribution in [0.4, 0.5) is 0 Å². The second-order valence-corrected chi connectivity index (χ2v) is 7.80. The number of thiazole rings is 1. The molecule has 0 saturated heterocycles. The molecule has 1 N–H and O–H groups in total. The topological polar surface area (TPSA) is 42.0 Å². The van der Waals surface area contributed by atoms with Crippen LogP contribution < -0.4 is 5.32 Å². The van der Waals surface area contributed by atoms with Crippen molar-refractivity contribution in [1.29, 1.82) is 0 Å². The highest BCUT2D eigenvalue weighted by Crippen LogP contribution is 2.31. The molecule has 3 aromatic rings. The van der Waals surface area contributed by atoms with Crippen LogP contribution in [0.2, 0.25) is 0 Å². The van der Waals surface area contributed by atoms with Crippen molar-refractivity contribution in [3.05, 3.63) is 62.1 Å². The maximum atomic E-state index is 12.1. The van der Waals surface area contributed by atoms with E-state index in [9.17, 15) is 4.79 Å². The summed E-state index contributed by atoms with van der Waals surface area (Å²) in [6.07, 6.45) is 0.333. The van der Waals surface area contributed by atoms with Crippen LogP contribution in [0.15, 0.2) is 41.8 Å². The predicted octanol–water partition coefficient (Wildman–Crippen LogP) is 4.35. The van der Waals surface area contributed by atoms with Crippen molar-refractivity contribution in [2.75, 3.05) is 0 Å². The van der Waals surface area contributed by atoms with Crippen molar-refractivity contribution in [3.63, 3.8) is 0 Å². The Morgan fingerprint density at radius 2 is 2.00 bits per heavy atom. The van der Waals surface area contributed by atoms with Crippen molar-refractivity contribution in [2.24, 2.45) is 0 Å². The molecule has 0 spiro atoms. The number of nitrogens with zero attached hydrogens (tertiary/aromatic N) is 1. The van der Waals surface area contributed by atoms with Crippen LogP contribution in [0.1, 0.15) is 20.3 Å². The van der Waals surface area contributed by atoms with Gasteiger partial charge in [0.25, 0.3) is 0 Å². The number of carbonyl (C=O) groups excluding carboxylic acids is 1. The van der Waals surface area contributed by atoms with Gasteiger partial charge in [0, 0.05) is 27.2 Å². The normalized spacial score (nSPS) is 10.7. The van der Waals surface area contributed by atoms with Gasteiger partial charge in [0.05, 0.1) is 12.1 Å². The molecule has 2 aromatic heterocycles. The van der Waals surface area contributed by atoms with E-state index in [2.05, 4.69) is 30.2 Å². The highest BCUT2D eigenvalue weighted by Gasteiger charge is 2.12. The van der Waals surface area contributed by atoms with Gasteiger partial charge in [-0.2, -0.15) is 0 Å². The molecule has 118 valence electrons. The molecule has 1 amide bonds. The van der Waals surface area contributed by atoms with E-state index in [0.29, 0.717) is 13.0 Å². The third-order valence-electron chi connectivity index (χ3n) is 3.51. The zero-order chi connectivity index (χ0) is 16.2. The van der Waals surface area contributed by atoms with Crippen LogP contribution in [0, 0.1) is 13.8 Å². The minimum atomic E-state index is 0.00738. The summed E-state index contributed by atoms with van der Waals surface area (Å²) < 4.78 is 0. The van der Waals surface area contributed by atoms with Crippen molar-refractivity contribution >= 4 is 28.6 Å². The molecule has 0 aliphatic carbocycles. The molecule has 0 aliphatic heterocycles. The fraction of sp³-hybridized carbons (Fsp3) is 0.222. The van der Waals surface area contributed by atoms with Crippen LogP contribution in [0.5, 0.6) is 0 Å². The quantitative estimate of drug-likeness (QED) is 0.749. The van der Waals surface area contributed by atoms with Gasteiger partial charge in [0.1, 0.15) is 5.01 Å². The molecule has 5 heteroatoms. The number of aromatic nitrogens is 1. The lowest BCUT2D eigenvalue weighted by molar-refractivity contribution is -0.120. The molecular weight excluding hydrogens is 324 g/mol. The number of thiophene rings is 1. The lowest BCUT2D eigenvalue weighted by Crippen LogP contribution is -2.24. The first-order valence-corrected chi connectivity index (χ1v) is 9.14. The Morgan fingerprint density at radius 1 is 1.22 bits per heavy atom. The Labute approximate surface area is 144 Å². The summed E-state index contributed by atoms with van der Waals surface area (Å²) in [4.78, 5) is 19.2. The van der Waals surface area contributed by atoms with Crippen molar-refractivity contribution in [2.45, 2.75) is 26.8 Å². The number of hydrogen-bond donors (Lipinski definition) is 1. The monoisotopic (exact) mass is 342 g/mol. The Kier molecular flexibility index (Phi) is 4.88. The van der Waals surface area contributed by atoms with E-state index in [-0.39, 0.29) is 5.91 Å². The van der Waals surface area contributed by atoms with Gasteiger partial charge in [-0.25, -0.2) is 4.98 Å².